The summed E-state index contributed by atoms with van der Waals surface area (Å²) < 4.78 is 4.94. The van der Waals surface area contributed by atoms with Gasteiger partial charge < -0.3 is 14.2 Å². The van der Waals surface area contributed by atoms with Crippen molar-refractivity contribution in [3.8, 4) is 0 Å². The van der Waals surface area contributed by atoms with Gasteiger partial charge >= 0.3 is 5.76 Å². The van der Waals surface area contributed by atoms with Crippen molar-refractivity contribution < 1.29 is 14.0 Å². The highest BCUT2D eigenvalue weighted by Gasteiger charge is 2.24. The molecule has 0 atom stereocenters. The molecule has 0 saturated carbocycles. The van der Waals surface area contributed by atoms with Crippen LogP contribution in [-0.4, -0.2) is 52.8 Å². The van der Waals surface area contributed by atoms with Gasteiger partial charge in [-0.3, -0.25) is 14.6 Å². The van der Waals surface area contributed by atoms with Crippen molar-refractivity contribution in [3.63, 3.8) is 0 Å². The molecule has 7 nitrogen and oxygen atoms in total. The molecule has 3 rings (SSSR count). The second-order valence-corrected chi connectivity index (χ2v) is 6.00. The van der Waals surface area contributed by atoms with Crippen LogP contribution in [0.25, 0.3) is 11.1 Å². The number of amides is 2. The number of H-pyrrole nitrogens is 1. The van der Waals surface area contributed by atoms with E-state index < -0.39 is 5.76 Å². The number of rotatable bonds is 4. The molecule has 1 saturated heterocycles. The van der Waals surface area contributed by atoms with Crippen LogP contribution in [0.15, 0.2) is 27.4 Å². The van der Waals surface area contributed by atoms with Crippen molar-refractivity contribution in [3.05, 3.63) is 34.3 Å². The number of carbonyl (C=O) groups excluding carboxylic acids is 2. The molecule has 1 aromatic carbocycles. The minimum atomic E-state index is -0.534. The van der Waals surface area contributed by atoms with E-state index in [0.717, 1.165) is 12.8 Å². The smallest absolute Gasteiger partial charge is 0.408 e. The summed E-state index contributed by atoms with van der Waals surface area (Å²) in [7, 11) is 0. The number of carbonyl (C=O) groups is 2. The highest BCUT2D eigenvalue weighted by atomic mass is 16.4. The van der Waals surface area contributed by atoms with Crippen LogP contribution >= 0.6 is 0 Å². The average molecular weight is 331 g/mol. The molecule has 0 aliphatic carbocycles. The van der Waals surface area contributed by atoms with Crippen molar-refractivity contribution >= 4 is 22.9 Å². The van der Waals surface area contributed by atoms with Crippen LogP contribution < -0.4 is 5.76 Å². The maximum Gasteiger partial charge on any atom is 0.417 e. The van der Waals surface area contributed by atoms with Crippen LogP contribution in [0.3, 0.4) is 0 Å². The molecule has 0 unspecified atom stereocenters. The van der Waals surface area contributed by atoms with Crippen molar-refractivity contribution in [2.24, 2.45) is 0 Å². The third-order valence-corrected chi connectivity index (χ3v) is 4.33. The number of aromatic amines is 1. The SMILES string of the molecule is CCCCC(=O)N1CCN(C(=O)c2ccc3oc(=O)[nH]c3c2)CC1. The summed E-state index contributed by atoms with van der Waals surface area (Å²) in [5, 5.41) is 0. The third kappa shape index (κ3) is 3.34. The maximum absolute atomic E-state index is 12.6. The first-order valence-electron chi connectivity index (χ1n) is 8.28. The second-order valence-electron chi connectivity index (χ2n) is 6.00. The highest BCUT2D eigenvalue weighted by molar-refractivity contribution is 5.97. The molecule has 1 N–H and O–H groups in total. The number of aromatic nitrogens is 1. The Morgan fingerprint density at radius 3 is 2.58 bits per heavy atom. The van der Waals surface area contributed by atoms with Gasteiger partial charge in [0.05, 0.1) is 5.52 Å². The van der Waals surface area contributed by atoms with E-state index in [1.54, 1.807) is 23.1 Å². The lowest BCUT2D eigenvalue weighted by molar-refractivity contribution is -0.132. The van der Waals surface area contributed by atoms with Crippen molar-refractivity contribution in [2.75, 3.05) is 26.2 Å². The zero-order chi connectivity index (χ0) is 17.1. The van der Waals surface area contributed by atoms with Gasteiger partial charge in [-0.1, -0.05) is 13.3 Å². The van der Waals surface area contributed by atoms with E-state index in [0.29, 0.717) is 49.3 Å². The lowest BCUT2D eigenvalue weighted by atomic mass is 10.1. The Hall–Kier alpha value is -2.57. The van der Waals surface area contributed by atoms with Gasteiger partial charge in [-0.2, -0.15) is 0 Å². The summed E-state index contributed by atoms with van der Waals surface area (Å²) in [5.74, 6) is -0.463. The van der Waals surface area contributed by atoms with Crippen LogP contribution in [0.5, 0.6) is 0 Å². The fourth-order valence-electron chi connectivity index (χ4n) is 2.91. The van der Waals surface area contributed by atoms with E-state index in [1.165, 1.54) is 0 Å². The molecule has 24 heavy (non-hydrogen) atoms. The lowest BCUT2D eigenvalue weighted by Gasteiger charge is -2.35. The Morgan fingerprint density at radius 1 is 1.17 bits per heavy atom. The Balaban J connectivity index is 1.63. The zero-order valence-electron chi connectivity index (χ0n) is 13.7. The lowest BCUT2D eigenvalue weighted by Crippen LogP contribution is -2.50. The van der Waals surface area contributed by atoms with Gasteiger partial charge in [0, 0.05) is 38.2 Å². The van der Waals surface area contributed by atoms with Gasteiger partial charge in [-0.25, -0.2) is 4.79 Å². The third-order valence-electron chi connectivity index (χ3n) is 4.33. The first kappa shape index (κ1) is 16.3. The number of piperazine rings is 1. The second kappa shape index (κ2) is 6.90. The molecule has 1 aliphatic rings. The quantitative estimate of drug-likeness (QED) is 0.922. The van der Waals surface area contributed by atoms with Gasteiger partial charge in [0.2, 0.25) is 5.91 Å². The monoisotopic (exact) mass is 331 g/mol. The van der Waals surface area contributed by atoms with E-state index in [9.17, 15) is 14.4 Å². The largest absolute Gasteiger partial charge is 0.417 e. The normalized spacial score (nSPS) is 15.0. The van der Waals surface area contributed by atoms with Crippen LogP contribution in [0, 0.1) is 0 Å². The summed E-state index contributed by atoms with van der Waals surface area (Å²) in [6.07, 6.45) is 2.48. The van der Waals surface area contributed by atoms with Crippen LogP contribution in [0.2, 0.25) is 0 Å². The number of benzene rings is 1. The maximum atomic E-state index is 12.6. The molecule has 0 bridgehead atoms. The summed E-state index contributed by atoms with van der Waals surface area (Å²) in [6.45, 7) is 4.25. The molecule has 0 spiro atoms. The van der Waals surface area contributed by atoms with Gasteiger partial charge in [0.15, 0.2) is 5.58 Å². The van der Waals surface area contributed by atoms with Crippen LogP contribution in [0.1, 0.15) is 36.5 Å². The number of fused-ring (bicyclic) bond motifs is 1. The van der Waals surface area contributed by atoms with Gasteiger partial charge in [-0.05, 0) is 24.6 Å². The van der Waals surface area contributed by atoms with E-state index in [-0.39, 0.29) is 11.8 Å². The summed E-state index contributed by atoms with van der Waals surface area (Å²) in [5.41, 5.74) is 1.45. The van der Waals surface area contributed by atoms with Crippen LogP contribution in [0.4, 0.5) is 0 Å². The fourth-order valence-corrected chi connectivity index (χ4v) is 2.91. The minimum absolute atomic E-state index is 0.0976. The van der Waals surface area contributed by atoms with Gasteiger partial charge in [0.25, 0.3) is 5.91 Å². The molecule has 2 aromatic rings. The van der Waals surface area contributed by atoms with Crippen molar-refractivity contribution in [2.45, 2.75) is 26.2 Å². The number of hydrogen-bond acceptors (Lipinski definition) is 4. The molecule has 1 fully saturated rings. The van der Waals surface area contributed by atoms with Gasteiger partial charge in [0.1, 0.15) is 0 Å². The van der Waals surface area contributed by atoms with E-state index in [4.69, 9.17) is 4.42 Å². The van der Waals surface area contributed by atoms with E-state index in [2.05, 4.69) is 11.9 Å². The number of nitrogens with zero attached hydrogens (tertiary/aromatic N) is 2. The first-order valence-corrected chi connectivity index (χ1v) is 8.28. The topological polar surface area (TPSA) is 86.6 Å². The summed E-state index contributed by atoms with van der Waals surface area (Å²) in [4.78, 5) is 41.9. The number of unbranched alkanes of at least 4 members (excludes halogenated alkanes) is 1. The minimum Gasteiger partial charge on any atom is -0.408 e. The number of hydrogen-bond donors (Lipinski definition) is 1. The highest BCUT2D eigenvalue weighted by Crippen LogP contribution is 2.15. The number of nitrogens with one attached hydrogen (secondary N) is 1. The molecule has 0 radical (unpaired) electrons. The molecule has 2 amide bonds. The van der Waals surface area contributed by atoms with Crippen LogP contribution in [-0.2, 0) is 4.79 Å². The van der Waals surface area contributed by atoms with Gasteiger partial charge in [-0.15, -0.1) is 0 Å². The van der Waals surface area contributed by atoms with E-state index >= 15 is 0 Å². The molecule has 1 aromatic heterocycles. The average Bonchev–Trinajstić information content (AvgIpc) is 2.98. The molecular weight excluding hydrogens is 310 g/mol. The predicted octanol–water partition coefficient (Wildman–Crippen LogP) is 1.60. The molecule has 1 aliphatic heterocycles. The molecular formula is C17H21N3O4. The molecule has 7 heteroatoms. The zero-order valence-corrected chi connectivity index (χ0v) is 13.7. The summed E-state index contributed by atoms with van der Waals surface area (Å²) in [6, 6.07) is 4.90. The standard InChI is InChI=1S/C17H21N3O4/c1-2-3-4-15(21)19-7-9-20(10-8-19)16(22)12-5-6-14-13(11-12)18-17(23)24-14/h5-6,11H,2-4,7-10H2,1H3,(H,18,23). The van der Waals surface area contributed by atoms with Crippen molar-refractivity contribution in [1.82, 2.24) is 14.8 Å². The van der Waals surface area contributed by atoms with E-state index in [1.807, 2.05) is 4.90 Å². The Kier molecular flexibility index (Phi) is 4.69. The number of oxazole rings is 1. The first-order chi connectivity index (χ1) is 11.6. The molecule has 2 heterocycles. The predicted molar refractivity (Wildman–Crippen MR) is 88.8 cm³/mol. The summed E-state index contributed by atoms with van der Waals surface area (Å²) >= 11 is 0. The Labute approximate surface area is 139 Å². The Morgan fingerprint density at radius 2 is 1.88 bits per heavy atom. The molecule has 128 valence electrons. The fraction of sp³-hybridized carbons (Fsp3) is 0.471. The van der Waals surface area contributed by atoms with Crippen molar-refractivity contribution in [1.29, 1.82) is 0 Å². The Bertz CT molecular complexity index is 800.